The van der Waals surface area contributed by atoms with Crippen molar-refractivity contribution in [2.24, 2.45) is 0 Å². The molecule has 4 heteroatoms. The highest BCUT2D eigenvalue weighted by atomic mass is 35.5. The third-order valence-corrected chi connectivity index (χ3v) is 4.53. The number of rotatable bonds is 7. The molecule has 3 rings (SSSR count). The first-order chi connectivity index (χ1) is 12.1. The van der Waals surface area contributed by atoms with Gasteiger partial charge in [-0.3, -0.25) is 0 Å². The lowest BCUT2D eigenvalue weighted by molar-refractivity contribution is 0.188. The molecule has 0 aliphatic heterocycles. The molecule has 3 nitrogen and oxygen atoms in total. The molecule has 0 radical (unpaired) electrons. The van der Waals surface area contributed by atoms with Gasteiger partial charge < -0.3 is 9.30 Å². The average Bonchev–Trinajstić information content (AvgIpc) is 3.13. The smallest absolute Gasteiger partial charge is 0.125 e. The van der Waals surface area contributed by atoms with Crippen LogP contribution >= 0.6 is 11.6 Å². The molecular weight excluding hydrogens is 332 g/mol. The van der Waals surface area contributed by atoms with Gasteiger partial charge in [-0.2, -0.15) is 0 Å². The zero-order chi connectivity index (χ0) is 17.6. The van der Waals surface area contributed by atoms with Gasteiger partial charge in [0.25, 0.3) is 0 Å². The van der Waals surface area contributed by atoms with Crippen molar-refractivity contribution in [3.8, 4) is 5.75 Å². The molecular formula is C21H23ClN2O. The fourth-order valence-corrected chi connectivity index (χ4v) is 2.88. The first-order valence-corrected chi connectivity index (χ1v) is 8.97. The fraction of sp³-hybridized carbons (Fsp3) is 0.286. The molecule has 0 saturated carbocycles. The summed E-state index contributed by atoms with van der Waals surface area (Å²) in [5, 5.41) is 0.735. The van der Waals surface area contributed by atoms with E-state index in [0.717, 1.165) is 29.3 Å². The van der Waals surface area contributed by atoms with E-state index in [0.29, 0.717) is 5.92 Å². The predicted octanol–water partition coefficient (Wildman–Crippen LogP) is 5.87. The summed E-state index contributed by atoms with van der Waals surface area (Å²) < 4.78 is 8.36. The molecule has 0 fully saturated rings. The zero-order valence-corrected chi connectivity index (χ0v) is 15.4. The first kappa shape index (κ1) is 17.6. The molecule has 0 amide bonds. The van der Waals surface area contributed by atoms with Crippen molar-refractivity contribution in [1.29, 1.82) is 0 Å². The molecule has 0 unspecified atom stereocenters. The number of nitrogens with zero attached hydrogens (tertiary/aromatic N) is 2. The third kappa shape index (κ3) is 4.86. The highest BCUT2D eigenvalue weighted by Gasteiger charge is 2.14. The van der Waals surface area contributed by atoms with Gasteiger partial charge in [0, 0.05) is 30.4 Å². The van der Waals surface area contributed by atoms with E-state index >= 15 is 0 Å². The van der Waals surface area contributed by atoms with Crippen LogP contribution in [0.15, 0.2) is 67.3 Å². The molecule has 1 heterocycles. The number of benzene rings is 2. The van der Waals surface area contributed by atoms with Crippen LogP contribution in [0.1, 0.15) is 43.4 Å². The van der Waals surface area contributed by atoms with E-state index in [9.17, 15) is 0 Å². The summed E-state index contributed by atoms with van der Waals surface area (Å²) in [6, 6.07) is 16.2. The molecule has 25 heavy (non-hydrogen) atoms. The summed E-state index contributed by atoms with van der Waals surface area (Å²) in [5.41, 5.74) is 2.44. The number of hydrogen-bond acceptors (Lipinski definition) is 2. The van der Waals surface area contributed by atoms with Crippen LogP contribution in [0.25, 0.3) is 0 Å². The molecule has 1 aromatic heterocycles. The maximum Gasteiger partial charge on any atom is 0.125 e. The van der Waals surface area contributed by atoms with Crippen molar-refractivity contribution in [3.63, 3.8) is 0 Å². The summed E-state index contributed by atoms with van der Waals surface area (Å²) >= 11 is 6.03. The van der Waals surface area contributed by atoms with Gasteiger partial charge in [0.05, 0.1) is 6.33 Å². The van der Waals surface area contributed by atoms with Gasteiger partial charge >= 0.3 is 0 Å². The van der Waals surface area contributed by atoms with Crippen LogP contribution in [0.5, 0.6) is 5.75 Å². The summed E-state index contributed by atoms with van der Waals surface area (Å²) in [6.07, 6.45) is 6.41. The lowest BCUT2D eigenvalue weighted by Crippen LogP contribution is -2.11. The molecule has 0 bridgehead atoms. The van der Waals surface area contributed by atoms with Crippen LogP contribution in [0.3, 0.4) is 0 Å². The van der Waals surface area contributed by atoms with E-state index in [1.807, 2.05) is 36.8 Å². The van der Waals surface area contributed by atoms with Crippen molar-refractivity contribution < 1.29 is 4.74 Å². The lowest BCUT2D eigenvalue weighted by Gasteiger charge is -2.20. The molecule has 2 aromatic carbocycles. The van der Waals surface area contributed by atoms with Gasteiger partial charge in [0.2, 0.25) is 0 Å². The Kier molecular flexibility index (Phi) is 5.77. The number of hydrogen-bond donors (Lipinski definition) is 0. The molecule has 0 N–H and O–H groups in total. The second kappa shape index (κ2) is 8.21. The lowest BCUT2D eigenvalue weighted by atomic mass is 10.0. The number of imidazole rings is 1. The molecule has 1 atom stereocenters. The molecule has 0 aliphatic carbocycles. The Balaban J connectivity index is 1.76. The van der Waals surface area contributed by atoms with Crippen molar-refractivity contribution >= 4 is 11.6 Å². The summed E-state index contributed by atoms with van der Waals surface area (Å²) in [4.78, 5) is 4.10. The minimum atomic E-state index is -0.0374. The second-order valence-corrected chi connectivity index (χ2v) is 6.91. The highest BCUT2D eigenvalue weighted by molar-refractivity contribution is 6.30. The van der Waals surface area contributed by atoms with Crippen LogP contribution in [0.2, 0.25) is 5.02 Å². The minimum absolute atomic E-state index is 0.0374. The molecule has 0 aliphatic rings. The molecule has 0 saturated heterocycles. The van der Waals surface area contributed by atoms with Crippen molar-refractivity contribution in [2.75, 3.05) is 0 Å². The van der Waals surface area contributed by atoms with Gasteiger partial charge in [-0.15, -0.1) is 0 Å². The highest BCUT2D eigenvalue weighted by Crippen LogP contribution is 2.28. The summed E-state index contributed by atoms with van der Waals surface area (Å²) in [7, 11) is 0. The normalized spacial score (nSPS) is 12.3. The Morgan fingerprint density at radius 1 is 1.00 bits per heavy atom. The fourth-order valence-electron chi connectivity index (χ4n) is 2.75. The first-order valence-electron chi connectivity index (χ1n) is 8.59. The van der Waals surface area contributed by atoms with Crippen LogP contribution < -0.4 is 4.74 Å². The van der Waals surface area contributed by atoms with E-state index in [-0.39, 0.29) is 6.10 Å². The van der Waals surface area contributed by atoms with Crippen LogP contribution in [0.4, 0.5) is 0 Å². The van der Waals surface area contributed by atoms with E-state index in [1.165, 1.54) is 5.56 Å². The Hall–Kier alpha value is -2.26. The van der Waals surface area contributed by atoms with Crippen LogP contribution in [-0.2, 0) is 6.54 Å². The van der Waals surface area contributed by atoms with E-state index < -0.39 is 0 Å². The van der Waals surface area contributed by atoms with Crippen LogP contribution in [-0.4, -0.2) is 9.55 Å². The third-order valence-electron chi connectivity index (χ3n) is 4.28. The minimum Gasteiger partial charge on any atom is -0.486 e. The Bertz CT molecular complexity index is 765. The predicted molar refractivity (Wildman–Crippen MR) is 102 cm³/mol. The quantitative estimate of drug-likeness (QED) is 0.530. The number of aryl methyl sites for hydroxylation is 1. The maximum atomic E-state index is 6.30. The summed E-state index contributed by atoms with van der Waals surface area (Å²) in [6.45, 7) is 5.23. The molecule has 3 aromatic rings. The van der Waals surface area contributed by atoms with E-state index in [4.69, 9.17) is 16.3 Å². The topological polar surface area (TPSA) is 27.1 Å². The Morgan fingerprint density at radius 3 is 2.28 bits per heavy atom. The second-order valence-electron chi connectivity index (χ2n) is 6.47. The van der Waals surface area contributed by atoms with Crippen molar-refractivity contribution in [1.82, 2.24) is 9.55 Å². The average molecular weight is 355 g/mol. The SMILES string of the molecule is CC(C)c1ccc(O[C@H](CCn2ccnc2)c2ccc(Cl)cc2)cc1. The standard InChI is InChI=1S/C21H23ClN2O/c1-16(2)17-5-9-20(10-6-17)25-21(11-13-24-14-12-23-15-24)18-3-7-19(22)8-4-18/h3-10,12,14-16,21H,11,13H2,1-2H3/t21-/m1/s1. The monoisotopic (exact) mass is 354 g/mol. The van der Waals surface area contributed by atoms with Crippen molar-refractivity contribution in [3.05, 3.63) is 83.4 Å². The van der Waals surface area contributed by atoms with Crippen LogP contribution in [0, 0.1) is 0 Å². The largest absolute Gasteiger partial charge is 0.486 e. The van der Waals surface area contributed by atoms with E-state index in [2.05, 4.69) is 47.7 Å². The van der Waals surface area contributed by atoms with Gasteiger partial charge in [0.15, 0.2) is 0 Å². The van der Waals surface area contributed by atoms with Crippen molar-refractivity contribution in [2.45, 2.75) is 38.8 Å². The molecule has 130 valence electrons. The van der Waals surface area contributed by atoms with Gasteiger partial charge in [0.1, 0.15) is 11.9 Å². The summed E-state index contributed by atoms with van der Waals surface area (Å²) in [5.74, 6) is 1.40. The van der Waals surface area contributed by atoms with Gasteiger partial charge in [-0.25, -0.2) is 4.98 Å². The maximum absolute atomic E-state index is 6.30. The van der Waals surface area contributed by atoms with Gasteiger partial charge in [-0.05, 0) is 41.3 Å². The Labute approximate surface area is 154 Å². The number of halogens is 1. The van der Waals surface area contributed by atoms with Gasteiger partial charge in [-0.1, -0.05) is 49.7 Å². The number of aromatic nitrogens is 2. The van der Waals surface area contributed by atoms with E-state index in [1.54, 1.807) is 6.20 Å². The molecule has 0 spiro atoms. The number of ether oxygens (including phenoxy) is 1. The Morgan fingerprint density at radius 2 is 1.68 bits per heavy atom. The zero-order valence-electron chi connectivity index (χ0n) is 14.6.